The molecule has 108 valence electrons. The number of carbonyl (C=O) groups is 2. The number of hydrogen-bond donors (Lipinski definition) is 1. The van der Waals surface area contributed by atoms with E-state index >= 15 is 0 Å². The standard InChI is InChI=1S/C12H13FN2O5/c1-7(16)14-10(12(17)20-2)5-8-3-4-9(13)11(6-8)15(18)19/h3-4,6,10H,5H2,1-2H3,(H,14,16)/t10-/m1/s1. The summed E-state index contributed by atoms with van der Waals surface area (Å²) in [6.45, 7) is 1.23. The Bertz CT molecular complexity index is 547. The fourth-order valence-corrected chi connectivity index (χ4v) is 1.64. The van der Waals surface area contributed by atoms with Crippen LogP contribution < -0.4 is 5.32 Å². The summed E-state index contributed by atoms with van der Waals surface area (Å²) in [5.41, 5.74) is -0.351. The topological polar surface area (TPSA) is 98.5 Å². The van der Waals surface area contributed by atoms with Crippen LogP contribution in [0, 0.1) is 15.9 Å². The molecule has 1 atom stereocenters. The van der Waals surface area contributed by atoms with Crippen molar-refractivity contribution in [3.8, 4) is 0 Å². The van der Waals surface area contributed by atoms with Crippen molar-refractivity contribution in [1.82, 2.24) is 5.32 Å². The van der Waals surface area contributed by atoms with E-state index in [0.29, 0.717) is 5.56 Å². The first kappa shape index (κ1) is 15.5. The molecule has 1 aromatic carbocycles. The van der Waals surface area contributed by atoms with Gasteiger partial charge in [0.1, 0.15) is 6.04 Å². The Kier molecular flexibility index (Phi) is 5.13. The summed E-state index contributed by atoms with van der Waals surface area (Å²) < 4.78 is 17.7. The molecule has 0 spiro atoms. The Morgan fingerprint density at radius 3 is 2.65 bits per heavy atom. The van der Waals surface area contributed by atoms with Crippen LogP contribution in [0.5, 0.6) is 0 Å². The van der Waals surface area contributed by atoms with Crippen LogP contribution in [0.25, 0.3) is 0 Å². The van der Waals surface area contributed by atoms with Gasteiger partial charge in [0.05, 0.1) is 12.0 Å². The van der Waals surface area contributed by atoms with E-state index in [9.17, 15) is 24.1 Å². The minimum atomic E-state index is -0.984. The van der Waals surface area contributed by atoms with Gasteiger partial charge in [0.25, 0.3) is 0 Å². The van der Waals surface area contributed by atoms with Crippen LogP contribution in [-0.4, -0.2) is 30.0 Å². The van der Waals surface area contributed by atoms with E-state index < -0.39 is 34.3 Å². The quantitative estimate of drug-likeness (QED) is 0.493. The first-order valence-electron chi connectivity index (χ1n) is 5.63. The number of carbonyl (C=O) groups excluding carboxylic acids is 2. The highest BCUT2D eigenvalue weighted by atomic mass is 19.1. The number of hydrogen-bond acceptors (Lipinski definition) is 5. The Labute approximate surface area is 113 Å². The molecule has 0 heterocycles. The molecule has 7 nitrogen and oxygen atoms in total. The van der Waals surface area contributed by atoms with E-state index in [1.165, 1.54) is 13.0 Å². The molecule has 1 N–H and O–H groups in total. The lowest BCUT2D eigenvalue weighted by molar-refractivity contribution is -0.387. The number of nitrogens with one attached hydrogen (secondary N) is 1. The number of esters is 1. The molecule has 0 saturated carbocycles. The fourth-order valence-electron chi connectivity index (χ4n) is 1.64. The van der Waals surface area contributed by atoms with Crippen molar-refractivity contribution in [2.75, 3.05) is 7.11 Å². The highest BCUT2D eigenvalue weighted by Crippen LogP contribution is 2.19. The summed E-state index contributed by atoms with van der Waals surface area (Å²) in [6, 6.07) is 2.28. The van der Waals surface area contributed by atoms with Crippen LogP contribution >= 0.6 is 0 Å². The minimum Gasteiger partial charge on any atom is -0.467 e. The molecule has 1 aromatic rings. The Morgan fingerprint density at radius 1 is 1.50 bits per heavy atom. The molecular weight excluding hydrogens is 271 g/mol. The van der Waals surface area contributed by atoms with E-state index in [2.05, 4.69) is 10.1 Å². The number of halogens is 1. The van der Waals surface area contributed by atoms with Crippen molar-refractivity contribution < 1.29 is 23.6 Å². The molecule has 0 fully saturated rings. The highest BCUT2D eigenvalue weighted by Gasteiger charge is 2.22. The number of benzene rings is 1. The van der Waals surface area contributed by atoms with Gasteiger partial charge in [-0.1, -0.05) is 6.07 Å². The Hall–Kier alpha value is -2.51. The van der Waals surface area contributed by atoms with Crippen molar-refractivity contribution in [3.63, 3.8) is 0 Å². The summed E-state index contributed by atoms with van der Waals surface area (Å²) in [6.07, 6.45) is -0.0344. The molecule has 0 unspecified atom stereocenters. The molecule has 0 radical (unpaired) electrons. The maximum atomic E-state index is 13.2. The van der Waals surface area contributed by atoms with Gasteiger partial charge >= 0.3 is 11.7 Å². The van der Waals surface area contributed by atoms with E-state index in [4.69, 9.17) is 0 Å². The SMILES string of the molecule is COC(=O)[C@@H](Cc1ccc(F)c([N+](=O)[O-])c1)NC(C)=O. The van der Waals surface area contributed by atoms with Crippen molar-refractivity contribution in [2.24, 2.45) is 0 Å². The van der Waals surface area contributed by atoms with Gasteiger partial charge in [-0.3, -0.25) is 14.9 Å². The van der Waals surface area contributed by atoms with Crippen molar-refractivity contribution in [1.29, 1.82) is 0 Å². The summed E-state index contributed by atoms with van der Waals surface area (Å²) in [4.78, 5) is 32.3. The van der Waals surface area contributed by atoms with Crippen LogP contribution in [0.2, 0.25) is 0 Å². The van der Waals surface area contributed by atoms with Crippen molar-refractivity contribution in [3.05, 3.63) is 39.7 Å². The number of rotatable bonds is 5. The second-order valence-corrected chi connectivity index (χ2v) is 4.02. The summed E-state index contributed by atoms with van der Waals surface area (Å²) in [7, 11) is 1.16. The van der Waals surface area contributed by atoms with Gasteiger partial charge in [0, 0.05) is 19.4 Å². The van der Waals surface area contributed by atoms with Crippen molar-refractivity contribution >= 4 is 17.6 Å². The zero-order valence-electron chi connectivity index (χ0n) is 10.9. The number of ether oxygens (including phenoxy) is 1. The monoisotopic (exact) mass is 284 g/mol. The summed E-state index contributed by atoms with van der Waals surface area (Å²) in [5, 5.41) is 13.0. The van der Waals surface area contributed by atoms with Crippen LogP contribution in [0.15, 0.2) is 18.2 Å². The van der Waals surface area contributed by atoms with Gasteiger partial charge in [-0.15, -0.1) is 0 Å². The maximum absolute atomic E-state index is 13.2. The van der Waals surface area contributed by atoms with Gasteiger partial charge in [-0.25, -0.2) is 4.79 Å². The third kappa shape index (κ3) is 4.01. The molecule has 1 amide bonds. The van der Waals surface area contributed by atoms with Gasteiger partial charge in [-0.05, 0) is 11.6 Å². The third-order valence-corrected chi connectivity index (χ3v) is 2.51. The predicted molar refractivity (Wildman–Crippen MR) is 66.4 cm³/mol. The number of nitrogens with zero attached hydrogens (tertiary/aromatic N) is 1. The molecule has 0 aliphatic heterocycles. The van der Waals surface area contributed by atoms with E-state index in [0.717, 1.165) is 19.2 Å². The minimum absolute atomic E-state index is 0.0344. The molecule has 0 aromatic heterocycles. The smallest absolute Gasteiger partial charge is 0.328 e. The number of nitro groups is 1. The van der Waals surface area contributed by atoms with Crippen LogP contribution in [0.4, 0.5) is 10.1 Å². The summed E-state index contributed by atoms with van der Waals surface area (Å²) in [5.74, 6) is -2.10. The number of amides is 1. The second-order valence-electron chi connectivity index (χ2n) is 4.02. The van der Waals surface area contributed by atoms with Crippen LogP contribution in [-0.2, 0) is 20.7 Å². The molecule has 0 aliphatic carbocycles. The zero-order chi connectivity index (χ0) is 15.3. The Morgan fingerprint density at radius 2 is 2.15 bits per heavy atom. The average molecular weight is 284 g/mol. The summed E-state index contributed by atoms with van der Waals surface area (Å²) >= 11 is 0. The molecule has 0 aliphatic rings. The van der Waals surface area contributed by atoms with Gasteiger partial charge in [-0.2, -0.15) is 4.39 Å². The van der Waals surface area contributed by atoms with Gasteiger partial charge < -0.3 is 10.1 Å². The lowest BCUT2D eigenvalue weighted by Crippen LogP contribution is -2.42. The number of methoxy groups -OCH3 is 1. The largest absolute Gasteiger partial charge is 0.467 e. The number of nitro benzene ring substituents is 1. The van der Waals surface area contributed by atoms with E-state index in [1.54, 1.807) is 0 Å². The van der Waals surface area contributed by atoms with Crippen LogP contribution in [0.1, 0.15) is 12.5 Å². The lowest BCUT2D eigenvalue weighted by atomic mass is 10.0. The lowest BCUT2D eigenvalue weighted by Gasteiger charge is -2.15. The zero-order valence-corrected chi connectivity index (χ0v) is 10.9. The normalized spacial score (nSPS) is 11.6. The van der Waals surface area contributed by atoms with Crippen LogP contribution in [0.3, 0.4) is 0 Å². The molecule has 20 heavy (non-hydrogen) atoms. The molecule has 0 bridgehead atoms. The molecule has 0 saturated heterocycles. The first-order chi connectivity index (χ1) is 9.35. The van der Waals surface area contributed by atoms with E-state index in [1.807, 2.05) is 0 Å². The van der Waals surface area contributed by atoms with Gasteiger partial charge in [0.2, 0.25) is 11.7 Å². The fraction of sp³-hybridized carbons (Fsp3) is 0.333. The van der Waals surface area contributed by atoms with Crippen molar-refractivity contribution in [2.45, 2.75) is 19.4 Å². The average Bonchev–Trinajstić information content (AvgIpc) is 2.38. The molecular formula is C12H13FN2O5. The predicted octanol–water partition coefficient (Wildman–Crippen LogP) is 0.954. The third-order valence-electron chi connectivity index (χ3n) is 2.51. The second kappa shape index (κ2) is 6.60. The maximum Gasteiger partial charge on any atom is 0.328 e. The highest BCUT2D eigenvalue weighted by molar-refractivity contribution is 5.83. The van der Waals surface area contributed by atoms with Gasteiger partial charge in [0.15, 0.2) is 0 Å². The van der Waals surface area contributed by atoms with E-state index in [-0.39, 0.29) is 6.42 Å². The molecule has 1 rings (SSSR count). The first-order valence-corrected chi connectivity index (χ1v) is 5.63. The molecule has 8 heteroatoms. The Balaban J connectivity index is 2.99.